The molecule has 0 saturated carbocycles. The third-order valence-electron chi connectivity index (χ3n) is 6.17. The molecule has 0 atom stereocenters. The van der Waals surface area contributed by atoms with E-state index in [9.17, 15) is 4.79 Å². The van der Waals surface area contributed by atoms with Gasteiger partial charge >= 0.3 is 0 Å². The summed E-state index contributed by atoms with van der Waals surface area (Å²) in [4.78, 5) is 22.8. The number of hydrogen-bond donors (Lipinski definition) is 1. The molecule has 5 rings (SSSR count). The minimum atomic E-state index is -0.113. The highest BCUT2D eigenvalue weighted by Gasteiger charge is 2.22. The molecule has 0 saturated heterocycles. The monoisotopic (exact) mass is 461 g/mol. The molecular weight excluding hydrogens is 434 g/mol. The van der Waals surface area contributed by atoms with Crippen molar-refractivity contribution in [3.8, 4) is 17.0 Å². The van der Waals surface area contributed by atoms with E-state index < -0.39 is 0 Å². The second-order valence-corrected chi connectivity index (χ2v) is 8.73. The minimum absolute atomic E-state index is 0.113. The van der Waals surface area contributed by atoms with E-state index in [1.807, 2.05) is 85.8 Å². The SMILES string of the molecule is COc1ccc2c(c1)CCc1nc(NC(=O)Cc3ccc(C)cc3)c(/C=C/c3ccccc3)nc1-2. The molecule has 4 aromatic rings. The van der Waals surface area contributed by atoms with Crippen LogP contribution in [0.5, 0.6) is 5.75 Å². The first kappa shape index (κ1) is 22.5. The molecule has 1 heterocycles. The van der Waals surface area contributed by atoms with Crippen molar-refractivity contribution in [2.75, 3.05) is 12.4 Å². The lowest BCUT2D eigenvalue weighted by Gasteiger charge is -2.21. The van der Waals surface area contributed by atoms with Gasteiger partial charge in [0.1, 0.15) is 11.4 Å². The Labute approximate surface area is 205 Å². The molecule has 1 N–H and O–H groups in total. The maximum absolute atomic E-state index is 12.9. The average Bonchev–Trinajstić information content (AvgIpc) is 2.89. The van der Waals surface area contributed by atoms with Crippen LogP contribution in [0.25, 0.3) is 23.4 Å². The van der Waals surface area contributed by atoms with Gasteiger partial charge in [-0.2, -0.15) is 0 Å². The van der Waals surface area contributed by atoms with Crippen molar-refractivity contribution < 1.29 is 9.53 Å². The summed E-state index contributed by atoms with van der Waals surface area (Å²) < 4.78 is 5.40. The molecule has 5 heteroatoms. The summed E-state index contributed by atoms with van der Waals surface area (Å²) in [5.74, 6) is 1.22. The fraction of sp³-hybridized carbons (Fsp3) is 0.167. The molecule has 5 nitrogen and oxygen atoms in total. The molecule has 174 valence electrons. The predicted octanol–water partition coefficient (Wildman–Crippen LogP) is 5.91. The van der Waals surface area contributed by atoms with Crippen molar-refractivity contribution in [1.29, 1.82) is 0 Å². The second-order valence-electron chi connectivity index (χ2n) is 8.73. The Balaban J connectivity index is 1.50. The van der Waals surface area contributed by atoms with Crippen LogP contribution in [0.15, 0.2) is 72.8 Å². The summed E-state index contributed by atoms with van der Waals surface area (Å²) in [6, 6.07) is 24.1. The molecule has 0 radical (unpaired) electrons. The lowest BCUT2D eigenvalue weighted by Crippen LogP contribution is -2.19. The first-order valence-electron chi connectivity index (χ1n) is 11.8. The van der Waals surface area contributed by atoms with E-state index in [0.717, 1.165) is 46.7 Å². The summed E-state index contributed by atoms with van der Waals surface area (Å²) in [7, 11) is 1.68. The van der Waals surface area contributed by atoms with Crippen LogP contribution in [0.4, 0.5) is 5.82 Å². The summed E-state index contributed by atoms with van der Waals surface area (Å²) >= 11 is 0. The van der Waals surface area contributed by atoms with Gasteiger partial charge < -0.3 is 10.1 Å². The summed E-state index contributed by atoms with van der Waals surface area (Å²) in [5.41, 5.74) is 7.82. The van der Waals surface area contributed by atoms with Crippen LogP contribution in [0.3, 0.4) is 0 Å². The maximum atomic E-state index is 12.9. The van der Waals surface area contributed by atoms with E-state index >= 15 is 0 Å². The number of aromatic nitrogens is 2. The number of amides is 1. The van der Waals surface area contributed by atoms with Gasteiger partial charge in [-0.05, 0) is 60.7 Å². The Kier molecular flexibility index (Phi) is 6.40. The number of aryl methyl sites for hydroxylation is 3. The fourth-order valence-electron chi connectivity index (χ4n) is 4.28. The van der Waals surface area contributed by atoms with Gasteiger partial charge in [0, 0.05) is 5.56 Å². The van der Waals surface area contributed by atoms with Gasteiger partial charge in [0.2, 0.25) is 5.91 Å². The van der Waals surface area contributed by atoms with E-state index in [1.165, 1.54) is 11.1 Å². The van der Waals surface area contributed by atoms with E-state index in [2.05, 4.69) is 11.4 Å². The largest absolute Gasteiger partial charge is 0.497 e. The number of benzene rings is 3. The van der Waals surface area contributed by atoms with Gasteiger partial charge in [-0.1, -0.05) is 66.2 Å². The summed E-state index contributed by atoms with van der Waals surface area (Å²) in [6.45, 7) is 2.03. The van der Waals surface area contributed by atoms with E-state index in [4.69, 9.17) is 14.7 Å². The Morgan fingerprint density at radius 2 is 1.77 bits per heavy atom. The summed E-state index contributed by atoms with van der Waals surface area (Å²) in [5, 5.41) is 3.02. The first-order valence-corrected chi connectivity index (χ1v) is 11.8. The third-order valence-corrected chi connectivity index (χ3v) is 6.17. The quantitative estimate of drug-likeness (QED) is 0.388. The Bertz CT molecular complexity index is 1390. The molecule has 1 aromatic heterocycles. The number of carbonyl (C=O) groups excluding carboxylic acids is 1. The van der Waals surface area contributed by atoms with Crippen molar-refractivity contribution in [3.05, 3.63) is 106 Å². The molecule has 1 aliphatic carbocycles. The lowest BCUT2D eigenvalue weighted by molar-refractivity contribution is -0.115. The van der Waals surface area contributed by atoms with Crippen LogP contribution in [0, 0.1) is 6.92 Å². The van der Waals surface area contributed by atoms with Gasteiger partial charge in [-0.15, -0.1) is 0 Å². The van der Waals surface area contributed by atoms with Gasteiger partial charge in [-0.25, -0.2) is 9.97 Å². The van der Waals surface area contributed by atoms with Gasteiger partial charge in [0.25, 0.3) is 0 Å². The minimum Gasteiger partial charge on any atom is -0.497 e. The van der Waals surface area contributed by atoms with Crippen LogP contribution in [-0.2, 0) is 24.1 Å². The standard InChI is InChI=1S/C30H27N3O2/c1-20-8-10-22(11-9-20)18-28(34)33-30-27(16-12-21-6-4-3-5-7-21)31-29-25-15-14-24(35-2)19-23(25)13-17-26(29)32-30/h3-12,14-16,19H,13,17-18H2,1-2H3,(H,32,33,34)/b16-12+. The van der Waals surface area contributed by atoms with Crippen LogP contribution in [0.2, 0.25) is 0 Å². The number of methoxy groups -OCH3 is 1. The normalized spacial score (nSPS) is 12.2. The highest BCUT2D eigenvalue weighted by molar-refractivity contribution is 5.94. The number of hydrogen-bond acceptors (Lipinski definition) is 4. The number of nitrogens with zero attached hydrogens (tertiary/aromatic N) is 2. The van der Waals surface area contributed by atoms with Crippen LogP contribution >= 0.6 is 0 Å². The highest BCUT2D eigenvalue weighted by atomic mass is 16.5. The topological polar surface area (TPSA) is 64.1 Å². The van der Waals surface area contributed by atoms with Crippen molar-refractivity contribution in [3.63, 3.8) is 0 Å². The van der Waals surface area contributed by atoms with Crippen molar-refractivity contribution in [1.82, 2.24) is 9.97 Å². The van der Waals surface area contributed by atoms with E-state index in [1.54, 1.807) is 7.11 Å². The second kappa shape index (κ2) is 9.94. The zero-order valence-corrected chi connectivity index (χ0v) is 19.9. The van der Waals surface area contributed by atoms with Crippen molar-refractivity contribution in [2.45, 2.75) is 26.2 Å². The van der Waals surface area contributed by atoms with Gasteiger partial charge in [0.05, 0.1) is 24.9 Å². The number of fused-ring (bicyclic) bond motifs is 3. The molecule has 0 fully saturated rings. The van der Waals surface area contributed by atoms with Crippen molar-refractivity contribution in [2.24, 2.45) is 0 Å². The Hall–Kier alpha value is -4.25. The number of rotatable bonds is 6. The molecule has 0 bridgehead atoms. The third kappa shape index (κ3) is 5.14. The number of anilines is 1. The Morgan fingerprint density at radius 3 is 2.54 bits per heavy atom. The number of carbonyl (C=O) groups is 1. The zero-order valence-electron chi connectivity index (χ0n) is 19.9. The predicted molar refractivity (Wildman–Crippen MR) is 140 cm³/mol. The molecule has 1 amide bonds. The average molecular weight is 462 g/mol. The number of nitrogens with one attached hydrogen (secondary N) is 1. The lowest BCUT2D eigenvalue weighted by atomic mass is 9.91. The molecule has 3 aromatic carbocycles. The molecule has 0 unspecified atom stereocenters. The number of ether oxygens (including phenoxy) is 1. The molecule has 0 aliphatic heterocycles. The molecule has 0 spiro atoms. The smallest absolute Gasteiger partial charge is 0.230 e. The Morgan fingerprint density at radius 1 is 0.971 bits per heavy atom. The van der Waals surface area contributed by atoms with Crippen LogP contribution < -0.4 is 10.1 Å². The van der Waals surface area contributed by atoms with Crippen LogP contribution in [0.1, 0.15) is 33.6 Å². The molecular formula is C30H27N3O2. The van der Waals surface area contributed by atoms with Gasteiger partial charge in [-0.3, -0.25) is 4.79 Å². The van der Waals surface area contributed by atoms with Gasteiger partial charge in [0.15, 0.2) is 5.82 Å². The summed E-state index contributed by atoms with van der Waals surface area (Å²) in [6.07, 6.45) is 5.80. The zero-order chi connectivity index (χ0) is 24.2. The fourth-order valence-corrected chi connectivity index (χ4v) is 4.28. The molecule has 35 heavy (non-hydrogen) atoms. The highest BCUT2D eigenvalue weighted by Crippen LogP contribution is 2.35. The maximum Gasteiger partial charge on any atom is 0.230 e. The van der Waals surface area contributed by atoms with Crippen molar-refractivity contribution >= 4 is 23.9 Å². The van der Waals surface area contributed by atoms with E-state index in [-0.39, 0.29) is 12.3 Å². The first-order chi connectivity index (χ1) is 17.1. The molecule has 1 aliphatic rings. The van der Waals surface area contributed by atoms with Crippen LogP contribution in [-0.4, -0.2) is 23.0 Å². The van der Waals surface area contributed by atoms with E-state index in [0.29, 0.717) is 11.5 Å².